The number of esters is 1. The summed E-state index contributed by atoms with van der Waals surface area (Å²) in [5, 5.41) is 0.305. The number of nitrogens with zero attached hydrogens (tertiary/aromatic N) is 2. The van der Waals surface area contributed by atoms with Crippen molar-refractivity contribution in [3.63, 3.8) is 0 Å². The lowest BCUT2D eigenvalue weighted by Gasteiger charge is -2.51. The molecule has 2 aliphatic rings. The Bertz CT molecular complexity index is 1280. The van der Waals surface area contributed by atoms with E-state index >= 15 is 0 Å². The maximum absolute atomic E-state index is 14.1. The van der Waals surface area contributed by atoms with Crippen molar-refractivity contribution < 1.29 is 27.9 Å². The average molecular weight is 541 g/mol. The molecule has 2 unspecified atom stereocenters. The predicted octanol–water partition coefficient (Wildman–Crippen LogP) is 5.24. The smallest absolute Gasteiger partial charge is 0.324 e. The summed E-state index contributed by atoms with van der Waals surface area (Å²) < 4.78 is 34.0. The van der Waals surface area contributed by atoms with E-state index in [1.165, 1.54) is 28.1 Å². The lowest BCUT2D eigenvalue weighted by Crippen LogP contribution is -2.70. The van der Waals surface area contributed by atoms with Gasteiger partial charge in [-0.3, -0.25) is 19.3 Å². The first-order valence-electron chi connectivity index (χ1n) is 11.5. The largest absolute Gasteiger partial charge is 0.451 e. The van der Waals surface area contributed by atoms with Crippen LogP contribution in [0.5, 0.6) is 0 Å². The van der Waals surface area contributed by atoms with Gasteiger partial charge in [-0.05, 0) is 28.6 Å². The Morgan fingerprint density at radius 1 is 0.973 bits per heavy atom. The molecule has 2 aliphatic heterocycles. The molecule has 5 rings (SSSR count). The summed E-state index contributed by atoms with van der Waals surface area (Å²) in [6.07, 6.45) is -2.72. The molecule has 6 nitrogen and oxygen atoms in total. The molecule has 0 aliphatic carbocycles. The number of benzene rings is 2. The van der Waals surface area contributed by atoms with Gasteiger partial charge in [0.25, 0.3) is 12.3 Å². The van der Waals surface area contributed by atoms with Gasteiger partial charge in [-0.15, -0.1) is 23.1 Å². The van der Waals surface area contributed by atoms with Gasteiger partial charge in [-0.2, -0.15) is 0 Å². The molecule has 3 heterocycles. The van der Waals surface area contributed by atoms with Crippen LogP contribution in [0.15, 0.2) is 89.9 Å². The van der Waals surface area contributed by atoms with E-state index in [9.17, 15) is 23.2 Å². The van der Waals surface area contributed by atoms with E-state index in [2.05, 4.69) is 0 Å². The molecule has 3 aromatic rings. The Morgan fingerprint density at radius 2 is 1.59 bits per heavy atom. The zero-order valence-electron chi connectivity index (χ0n) is 19.6. The number of alkyl halides is 2. The highest BCUT2D eigenvalue weighted by atomic mass is 32.2. The third-order valence-electron chi connectivity index (χ3n) is 6.18. The molecule has 2 amide bonds. The highest BCUT2D eigenvalue weighted by Crippen LogP contribution is 2.46. The van der Waals surface area contributed by atoms with Gasteiger partial charge in [0.05, 0.1) is 5.00 Å². The second kappa shape index (κ2) is 10.5. The van der Waals surface area contributed by atoms with E-state index in [4.69, 9.17) is 4.74 Å². The van der Waals surface area contributed by atoms with Crippen molar-refractivity contribution in [2.24, 2.45) is 0 Å². The highest BCUT2D eigenvalue weighted by molar-refractivity contribution is 8.01. The molecule has 2 aromatic carbocycles. The number of carbonyl (C=O) groups is 3. The second-order valence-electron chi connectivity index (χ2n) is 8.51. The molecule has 1 aromatic heterocycles. The Balaban J connectivity index is 1.45. The van der Waals surface area contributed by atoms with Crippen LogP contribution < -0.4 is 4.90 Å². The highest BCUT2D eigenvalue weighted by Gasteiger charge is 2.57. The topological polar surface area (TPSA) is 66.9 Å². The number of fused-ring (bicyclic) bond motifs is 1. The van der Waals surface area contributed by atoms with Crippen LogP contribution in [0, 0.1) is 0 Å². The van der Waals surface area contributed by atoms with Crippen LogP contribution in [0.25, 0.3) is 0 Å². The minimum atomic E-state index is -2.97. The van der Waals surface area contributed by atoms with Crippen molar-refractivity contribution >= 4 is 45.9 Å². The zero-order valence-corrected chi connectivity index (χ0v) is 21.2. The molecule has 0 N–H and O–H groups in total. The van der Waals surface area contributed by atoms with E-state index < -0.39 is 46.6 Å². The van der Waals surface area contributed by atoms with Gasteiger partial charge < -0.3 is 9.64 Å². The minimum Gasteiger partial charge on any atom is -0.451 e. The molecule has 1 saturated heterocycles. The number of carbonyl (C=O) groups excluding carboxylic acids is 3. The van der Waals surface area contributed by atoms with Gasteiger partial charge in [0.2, 0.25) is 5.91 Å². The Kier molecular flexibility index (Phi) is 7.12. The van der Waals surface area contributed by atoms with Crippen molar-refractivity contribution in [2.75, 3.05) is 4.90 Å². The molecule has 0 saturated carbocycles. The molecular weight excluding hydrogens is 518 g/mol. The third kappa shape index (κ3) is 4.78. The molecule has 0 radical (unpaired) electrons. The molecule has 190 valence electrons. The number of anilines is 1. The summed E-state index contributed by atoms with van der Waals surface area (Å²) in [4.78, 5) is 41.4. The third-order valence-corrected chi connectivity index (χ3v) is 8.55. The second-order valence-corrected chi connectivity index (χ2v) is 10.7. The fourth-order valence-electron chi connectivity index (χ4n) is 4.45. The van der Waals surface area contributed by atoms with Crippen molar-refractivity contribution in [3.8, 4) is 0 Å². The summed E-state index contributed by atoms with van der Waals surface area (Å²) in [5.74, 6) is -1.66. The fraction of sp³-hybridized carbons (Fsp3) is 0.222. The molecule has 10 heteroatoms. The Morgan fingerprint density at radius 3 is 2.11 bits per heavy atom. The molecule has 0 bridgehead atoms. The molecule has 37 heavy (non-hydrogen) atoms. The van der Waals surface area contributed by atoms with E-state index in [-0.39, 0.29) is 5.91 Å². The first kappa shape index (κ1) is 25.2. The van der Waals surface area contributed by atoms with Gasteiger partial charge in [0.15, 0.2) is 6.10 Å². The minimum absolute atomic E-state index is 0.350. The quantitative estimate of drug-likeness (QED) is 0.303. The van der Waals surface area contributed by atoms with Crippen molar-refractivity contribution in [1.29, 1.82) is 0 Å². The van der Waals surface area contributed by atoms with Gasteiger partial charge in [-0.1, -0.05) is 60.7 Å². The predicted molar refractivity (Wildman–Crippen MR) is 138 cm³/mol. The van der Waals surface area contributed by atoms with Crippen LogP contribution in [0.3, 0.4) is 0 Å². The first-order chi connectivity index (χ1) is 17.9. The lowest BCUT2D eigenvalue weighted by molar-refractivity contribution is -0.147. The van der Waals surface area contributed by atoms with Crippen LogP contribution in [0.2, 0.25) is 0 Å². The number of amides is 2. The van der Waals surface area contributed by atoms with Crippen LogP contribution in [-0.2, 0) is 19.1 Å². The fourth-order valence-corrected chi connectivity index (χ4v) is 6.71. The number of ether oxygens (including phenoxy) is 1. The standard InChI is InChI=1S/C27H22F2N2O4S2/c1-16(32)31(20-13-8-14-36-20)21-25(33)30-15-19(24(28)29)23(37-26(21)30)27(34)35-22(17-9-4-2-5-10-17)18-11-6-3-7-12-18/h2-15,21-24,26H,1H3/t21?,23?,26-/m1/s1. The van der Waals surface area contributed by atoms with Crippen LogP contribution in [-0.4, -0.2) is 45.8 Å². The zero-order chi connectivity index (χ0) is 26.1. The van der Waals surface area contributed by atoms with E-state index in [1.807, 2.05) is 36.4 Å². The van der Waals surface area contributed by atoms with Gasteiger partial charge >= 0.3 is 5.97 Å². The van der Waals surface area contributed by atoms with Gasteiger partial charge in [-0.25, -0.2) is 8.78 Å². The maximum atomic E-state index is 14.1. The normalized spacial score (nSPS) is 20.8. The summed E-state index contributed by atoms with van der Waals surface area (Å²) in [5.41, 5.74) is 0.900. The average Bonchev–Trinajstić information content (AvgIpc) is 3.44. The number of thioether (sulfide) groups is 1. The maximum Gasteiger partial charge on any atom is 0.324 e. The van der Waals surface area contributed by atoms with Crippen molar-refractivity contribution in [3.05, 3.63) is 101 Å². The van der Waals surface area contributed by atoms with E-state index in [0.717, 1.165) is 18.0 Å². The molecule has 3 atom stereocenters. The van der Waals surface area contributed by atoms with Crippen molar-refractivity contribution in [2.45, 2.75) is 36.1 Å². The molecule has 1 fully saturated rings. The molecule has 0 spiro atoms. The number of rotatable bonds is 7. The Hall–Kier alpha value is -3.50. The summed E-state index contributed by atoms with van der Waals surface area (Å²) in [7, 11) is 0. The first-order valence-corrected chi connectivity index (χ1v) is 13.3. The monoisotopic (exact) mass is 540 g/mol. The molecular formula is C27H22F2N2O4S2. The number of hydrogen-bond donors (Lipinski definition) is 0. The van der Waals surface area contributed by atoms with Crippen LogP contribution in [0.1, 0.15) is 24.2 Å². The summed E-state index contributed by atoms with van der Waals surface area (Å²) >= 11 is 2.20. The summed E-state index contributed by atoms with van der Waals surface area (Å²) in [6, 6.07) is 20.7. The van der Waals surface area contributed by atoms with Gasteiger partial charge in [0, 0.05) is 18.7 Å². The lowest BCUT2D eigenvalue weighted by atomic mass is 10.0. The van der Waals surface area contributed by atoms with Crippen LogP contribution >= 0.6 is 23.1 Å². The Labute approximate surface area is 220 Å². The van der Waals surface area contributed by atoms with E-state index in [1.54, 1.807) is 41.8 Å². The SMILES string of the molecule is CC(=O)N(c1cccs1)C1C(=O)N2C=C(C(F)F)C(C(=O)OC(c3ccccc3)c3ccccc3)S[C@H]12. The summed E-state index contributed by atoms with van der Waals surface area (Å²) in [6.45, 7) is 1.35. The van der Waals surface area contributed by atoms with E-state index in [0.29, 0.717) is 16.1 Å². The number of hydrogen-bond acceptors (Lipinski definition) is 6. The number of halogens is 2. The number of thiophene rings is 1. The van der Waals surface area contributed by atoms with Crippen molar-refractivity contribution in [1.82, 2.24) is 4.90 Å². The van der Waals surface area contributed by atoms with Gasteiger partial charge in [0.1, 0.15) is 16.7 Å². The van der Waals surface area contributed by atoms with Crippen LogP contribution in [0.4, 0.5) is 13.8 Å². The number of β-lactam (4-membered cyclic amide) rings is 1.